The maximum atomic E-state index is 12.7. The Morgan fingerprint density at radius 1 is 1.41 bits per heavy atom. The third kappa shape index (κ3) is 2.00. The van der Waals surface area contributed by atoms with Crippen molar-refractivity contribution >= 4 is 5.97 Å². The van der Waals surface area contributed by atoms with E-state index in [1.54, 1.807) is 0 Å². The highest BCUT2D eigenvalue weighted by Gasteiger charge is 2.62. The zero-order chi connectivity index (χ0) is 13.3. The zero-order valence-electron chi connectivity index (χ0n) is 8.52. The smallest absolute Gasteiger partial charge is 0.423 e. The quantitative estimate of drug-likeness (QED) is 0.800. The summed E-state index contributed by atoms with van der Waals surface area (Å²) < 4.78 is 42.7. The predicted molar refractivity (Wildman–Crippen MR) is 48.1 cm³/mol. The van der Waals surface area contributed by atoms with Crippen LogP contribution in [-0.4, -0.2) is 34.3 Å². The van der Waals surface area contributed by atoms with E-state index in [1.807, 2.05) is 0 Å². The molecule has 0 spiro atoms. The van der Waals surface area contributed by atoms with Gasteiger partial charge < -0.3 is 15.6 Å². The average Bonchev–Trinajstić information content (AvgIpc) is 2.26. The van der Waals surface area contributed by atoms with Crippen LogP contribution in [0, 0.1) is 0 Å². The SMILES string of the molecule is COc1nccnc1C(N)(C(=O)O)C(F)(F)F. The molecule has 1 aromatic rings. The van der Waals surface area contributed by atoms with Crippen LogP contribution in [0.5, 0.6) is 5.88 Å². The molecular weight excluding hydrogens is 243 g/mol. The Labute approximate surface area is 93.2 Å². The van der Waals surface area contributed by atoms with Crippen LogP contribution in [0.1, 0.15) is 5.69 Å². The van der Waals surface area contributed by atoms with Gasteiger partial charge in [-0.15, -0.1) is 0 Å². The molecule has 0 bridgehead atoms. The number of hydrogen-bond donors (Lipinski definition) is 2. The first-order valence-corrected chi connectivity index (χ1v) is 4.19. The van der Waals surface area contributed by atoms with E-state index in [0.717, 1.165) is 19.5 Å². The van der Waals surface area contributed by atoms with E-state index >= 15 is 0 Å². The van der Waals surface area contributed by atoms with E-state index in [4.69, 9.17) is 10.8 Å². The Balaban J connectivity index is 3.49. The van der Waals surface area contributed by atoms with Crippen molar-refractivity contribution in [2.24, 2.45) is 5.73 Å². The summed E-state index contributed by atoms with van der Waals surface area (Å²) in [6.07, 6.45) is -3.28. The van der Waals surface area contributed by atoms with Crippen molar-refractivity contribution < 1.29 is 27.8 Å². The largest absolute Gasteiger partial charge is 0.480 e. The van der Waals surface area contributed by atoms with Gasteiger partial charge in [0.05, 0.1) is 7.11 Å². The molecule has 6 nitrogen and oxygen atoms in total. The van der Waals surface area contributed by atoms with Crippen LogP contribution in [0.3, 0.4) is 0 Å². The summed E-state index contributed by atoms with van der Waals surface area (Å²) in [4.78, 5) is 17.5. The summed E-state index contributed by atoms with van der Waals surface area (Å²) in [5.41, 5.74) is 0.251. The van der Waals surface area contributed by atoms with Crippen LogP contribution in [0.2, 0.25) is 0 Å². The van der Waals surface area contributed by atoms with Gasteiger partial charge in [0.15, 0.2) is 0 Å². The Hall–Kier alpha value is -1.90. The lowest BCUT2D eigenvalue weighted by atomic mass is 9.96. The molecule has 94 valence electrons. The van der Waals surface area contributed by atoms with Crippen LogP contribution in [0.4, 0.5) is 13.2 Å². The van der Waals surface area contributed by atoms with Crippen molar-refractivity contribution in [3.8, 4) is 5.88 Å². The van der Waals surface area contributed by atoms with Gasteiger partial charge in [-0.25, -0.2) is 9.78 Å². The van der Waals surface area contributed by atoms with Crippen LogP contribution in [0.25, 0.3) is 0 Å². The Morgan fingerprint density at radius 2 is 1.94 bits per heavy atom. The number of aromatic nitrogens is 2. The lowest BCUT2D eigenvalue weighted by molar-refractivity contribution is -0.205. The molecule has 9 heteroatoms. The minimum atomic E-state index is -5.23. The molecular formula is C8H8F3N3O3. The highest BCUT2D eigenvalue weighted by molar-refractivity contribution is 5.81. The highest BCUT2D eigenvalue weighted by atomic mass is 19.4. The second kappa shape index (κ2) is 4.17. The topological polar surface area (TPSA) is 98.3 Å². The molecule has 0 saturated carbocycles. The fourth-order valence-corrected chi connectivity index (χ4v) is 1.10. The van der Waals surface area contributed by atoms with Crippen molar-refractivity contribution in [2.45, 2.75) is 11.7 Å². The molecule has 0 aliphatic rings. The Morgan fingerprint density at radius 3 is 2.35 bits per heavy atom. The van der Waals surface area contributed by atoms with Crippen molar-refractivity contribution in [2.75, 3.05) is 7.11 Å². The molecule has 1 heterocycles. The Bertz CT molecular complexity index is 438. The number of methoxy groups -OCH3 is 1. The molecule has 1 rings (SSSR count). The number of carboxylic acid groups (broad SMARTS) is 1. The normalized spacial score (nSPS) is 15.1. The van der Waals surface area contributed by atoms with Crippen LogP contribution >= 0.6 is 0 Å². The number of carbonyl (C=O) groups is 1. The summed E-state index contributed by atoms with van der Waals surface area (Å²) in [5, 5.41) is 8.67. The molecule has 1 aromatic heterocycles. The number of aliphatic carboxylic acids is 1. The fraction of sp³-hybridized carbons (Fsp3) is 0.375. The van der Waals surface area contributed by atoms with Gasteiger partial charge in [0.1, 0.15) is 5.69 Å². The molecule has 3 N–H and O–H groups in total. The van der Waals surface area contributed by atoms with Crippen molar-refractivity contribution in [3.05, 3.63) is 18.1 Å². The second-order valence-corrected chi connectivity index (χ2v) is 3.03. The number of alkyl halides is 3. The molecule has 0 amide bonds. The van der Waals surface area contributed by atoms with Crippen molar-refractivity contribution in [1.29, 1.82) is 0 Å². The minimum Gasteiger partial charge on any atom is -0.480 e. The van der Waals surface area contributed by atoms with E-state index in [-0.39, 0.29) is 0 Å². The molecule has 0 aliphatic heterocycles. The molecule has 0 aliphatic carbocycles. The molecule has 0 radical (unpaired) electrons. The van der Waals surface area contributed by atoms with Crippen LogP contribution in [0.15, 0.2) is 12.4 Å². The third-order valence-corrected chi connectivity index (χ3v) is 2.02. The molecule has 1 atom stereocenters. The van der Waals surface area contributed by atoms with Gasteiger partial charge >= 0.3 is 12.1 Å². The zero-order valence-corrected chi connectivity index (χ0v) is 8.52. The number of nitrogens with zero attached hydrogens (tertiary/aromatic N) is 2. The van der Waals surface area contributed by atoms with E-state index in [9.17, 15) is 18.0 Å². The number of nitrogens with two attached hydrogens (primary N) is 1. The first kappa shape index (κ1) is 13.2. The van der Waals surface area contributed by atoms with Gasteiger partial charge in [0, 0.05) is 12.4 Å². The standard InChI is InChI=1S/C8H8F3N3O3/c1-17-5-4(13-2-3-14-5)7(12,6(15)16)8(9,10)11/h2-3H,12H2,1H3,(H,15,16). The van der Waals surface area contributed by atoms with Crippen molar-refractivity contribution in [1.82, 2.24) is 9.97 Å². The van der Waals surface area contributed by atoms with Gasteiger partial charge in [-0.3, -0.25) is 4.98 Å². The van der Waals surface area contributed by atoms with Crippen LogP contribution in [-0.2, 0) is 10.3 Å². The summed E-state index contributed by atoms with van der Waals surface area (Å²) >= 11 is 0. The summed E-state index contributed by atoms with van der Waals surface area (Å²) in [5.74, 6) is -2.88. The number of carboxylic acids is 1. The number of ether oxygens (including phenoxy) is 1. The highest BCUT2D eigenvalue weighted by Crippen LogP contribution is 2.38. The van der Waals surface area contributed by atoms with Gasteiger partial charge in [0.2, 0.25) is 5.88 Å². The number of hydrogen-bond acceptors (Lipinski definition) is 5. The number of rotatable bonds is 3. The summed E-state index contributed by atoms with van der Waals surface area (Å²) in [6, 6.07) is 0. The maximum absolute atomic E-state index is 12.7. The summed E-state index contributed by atoms with van der Waals surface area (Å²) in [6.45, 7) is 0. The second-order valence-electron chi connectivity index (χ2n) is 3.03. The Kier molecular flexibility index (Phi) is 3.23. The van der Waals surface area contributed by atoms with Gasteiger partial charge in [0.25, 0.3) is 5.54 Å². The predicted octanol–water partition coefficient (Wildman–Crippen LogP) is 0.286. The molecule has 0 aromatic carbocycles. The van der Waals surface area contributed by atoms with Gasteiger partial charge in [-0.1, -0.05) is 0 Å². The summed E-state index contributed by atoms with van der Waals surface area (Å²) in [7, 11) is 1.03. The van der Waals surface area contributed by atoms with Crippen LogP contribution < -0.4 is 10.5 Å². The van der Waals surface area contributed by atoms with Gasteiger partial charge in [-0.05, 0) is 0 Å². The molecule has 0 fully saturated rings. The maximum Gasteiger partial charge on any atom is 0.423 e. The van der Waals surface area contributed by atoms with E-state index < -0.39 is 29.3 Å². The third-order valence-electron chi connectivity index (χ3n) is 2.02. The number of halogens is 3. The van der Waals surface area contributed by atoms with Gasteiger partial charge in [-0.2, -0.15) is 13.2 Å². The lowest BCUT2D eigenvalue weighted by Gasteiger charge is -2.27. The fourth-order valence-electron chi connectivity index (χ4n) is 1.10. The van der Waals surface area contributed by atoms with E-state index in [2.05, 4.69) is 14.7 Å². The molecule has 1 unspecified atom stereocenters. The lowest BCUT2D eigenvalue weighted by Crippen LogP contribution is -2.57. The monoisotopic (exact) mass is 251 g/mol. The first-order valence-electron chi connectivity index (χ1n) is 4.19. The van der Waals surface area contributed by atoms with E-state index in [1.165, 1.54) is 0 Å². The first-order chi connectivity index (χ1) is 7.75. The molecule has 17 heavy (non-hydrogen) atoms. The molecule has 0 saturated heterocycles. The minimum absolute atomic E-state index is 0.588. The van der Waals surface area contributed by atoms with Crippen molar-refractivity contribution in [3.63, 3.8) is 0 Å². The van der Waals surface area contributed by atoms with E-state index in [0.29, 0.717) is 0 Å². The average molecular weight is 251 g/mol.